The van der Waals surface area contributed by atoms with Crippen LogP contribution in [0.15, 0.2) is 60.7 Å². The summed E-state index contributed by atoms with van der Waals surface area (Å²) in [5, 5.41) is 1.16. The molecule has 0 amide bonds. The summed E-state index contributed by atoms with van der Waals surface area (Å²) in [6.45, 7) is 6.14. The summed E-state index contributed by atoms with van der Waals surface area (Å²) < 4.78 is 5.84. The summed E-state index contributed by atoms with van der Waals surface area (Å²) in [7, 11) is 0. The molecule has 1 aromatic heterocycles. The number of hydrogen-bond acceptors (Lipinski definition) is 2. The van der Waals surface area contributed by atoms with Crippen molar-refractivity contribution in [3.05, 3.63) is 60.7 Å². The third-order valence-corrected chi connectivity index (χ3v) is 3.17. The fraction of sp³-hybridized carbons (Fsp3) is 0.211. The van der Waals surface area contributed by atoms with Gasteiger partial charge in [-0.1, -0.05) is 24.3 Å². The Morgan fingerprint density at radius 1 is 0.810 bits per heavy atom. The maximum absolute atomic E-state index is 5.84. The summed E-state index contributed by atoms with van der Waals surface area (Å²) in [5.74, 6) is 0.882. The fourth-order valence-corrected chi connectivity index (χ4v) is 2.27. The van der Waals surface area contributed by atoms with E-state index in [2.05, 4.69) is 30.3 Å². The Labute approximate surface area is 125 Å². The number of aromatic nitrogens is 1. The lowest BCUT2D eigenvalue weighted by atomic mass is 10.1. The smallest absolute Gasteiger partial charge is 0.120 e. The number of benzene rings is 2. The second-order valence-corrected chi connectivity index (χ2v) is 6.13. The highest BCUT2D eigenvalue weighted by Crippen LogP contribution is 2.25. The Kier molecular flexibility index (Phi) is 3.38. The number of para-hydroxylation sites is 1. The molecule has 3 rings (SSSR count). The number of pyridine rings is 1. The molecule has 0 N–H and O–H groups in total. The summed E-state index contributed by atoms with van der Waals surface area (Å²) in [6, 6.07) is 20.4. The van der Waals surface area contributed by atoms with Crippen molar-refractivity contribution in [1.29, 1.82) is 0 Å². The number of nitrogens with zero attached hydrogens (tertiary/aromatic N) is 1. The minimum Gasteiger partial charge on any atom is -0.488 e. The summed E-state index contributed by atoms with van der Waals surface area (Å²) in [4.78, 5) is 4.71. The molecule has 1 heterocycles. The van der Waals surface area contributed by atoms with Crippen molar-refractivity contribution < 1.29 is 4.74 Å². The van der Waals surface area contributed by atoms with Gasteiger partial charge in [-0.05, 0) is 57.2 Å². The van der Waals surface area contributed by atoms with Crippen LogP contribution in [0.25, 0.3) is 22.2 Å². The predicted molar refractivity (Wildman–Crippen MR) is 87.6 cm³/mol. The van der Waals surface area contributed by atoms with Crippen molar-refractivity contribution in [1.82, 2.24) is 4.98 Å². The molecule has 2 heteroatoms. The Morgan fingerprint density at radius 2 is 1.52 bits per heavy atom. The maximum Gasteiger partial charge on any atom is 0.120 e. The molecule has 21 heavy (non-hydrogen) atoms. The van der Waals surface area contributed by atoms with Crippen LogP contribution in [-0.2, 0) is 0 Å². The molecule has 3 aromatic rings. The van der Waals surface area contributed by atoms with E-state index in [0.29, 0.717) is 0 Å². The van der Waals surface area contributed by atoms with E-state index in [1.165, 1.54) is 0 Å². The highest BCUT2D eigenvalue weighted by atomic mass is 16.5. The largest absolute Gasteiger partial charge is 0.488 e. The van der Waals surface area contributed by atoms with Crippen LogP contribution in [0, 0.1) is 0 Å². The number of fused-ring (bicyclic) bond motifs is 1. The lowest BCUT2D eigenvalue weighted by Crippen LogP contribution is -2.22. The van der Waals surface area contributed by atoms with Gasteiger partial charge in [0.2, 0.25) is 0 Å². The first-order valence-corrected chi connectivity index (χ1v) is 7.16. The summed E-state index contributed by atoms with van der Waals surface area (Å²) in [6.07, 6.45) is 0. The number of ether oxygens (including phenoxy) is 1. The molecule has 0 saturated carbocycles. The average molecular weight is 277 g/mol. The molecule has 2 nitrogen and oxygen atoms in total. The van der Waals surface area contributed by atoms with E-state index in [-0.39, 0.29) is 5.60 Å². The van der Waals surface area contributed by atoms with E-state index in [1.807, 2.05) is 51.1 Å². The minimum absolute atomic E-state index is 0.178. The standard InChI is InChI=1S/C19H19NO/c1-19(2,3)21-16-11-8-15(9-12-16)18-13-10-14-6-4-5-7-17(14)20-18/h4-13H,1-3H3. The highest BCUT2D eigenvalue weighted by molar-refractivity contribution is 5.81. The van der Waals surface area contributed by atoms with Crippen LogP contribution >= 0.6 is 0 Å². The van der Waals surface area contributed by atoms with Gasteiger partial charge in [-0.2, -0.15) is 0 Å². The summed E-state index contributed by atoms with van der Waals surface area (Å²) in [5.41, 5.74) is 2.92. The first-order valence-electron chi connectivity index (χ1n) is 7.16. The Hall–Kier alpha value is -2.35. The molecule has 0 radical (unpaired) electrons. The van der Waals surface area contributed by atoms with Crippen molar-refractivity contribution in [3.8, 4) is 17.0 Å². The molecule has 0 unspecified atom stereocenters. The van der Waals surface area contributed by atoms with Gasteiger partial charge < -0.3 is 4.74 Å². The topological polar surface area (TPSA) is 22.1 Å². The van der Waals surface area contributed by atoms with Gasteiger partial charge in [0.25, 0.3) is 0 Å². The number of hydrogen-bond donors (Lipinski definition) is 0. The third-order valence-electron chi connectivity index (χ3n) is 3.17. The van der Waals surface area contributed by atoms with Gasteiger partial charge >= 0.3 is 0 Å². The van der Waals surface area contributed by atoms with E-state index in [4.69, 9.17) is 9.72 Å². The number of rotatable bonds is 2. The Morgan fingerprint density at radius 3 is 2.24 bits per heavy atom. The Bertz CT molecular complexity index is 754. The molecule has 0 saturated heterocycles. The van der Waals surface area contributed by atoms with E-state index < -0.39 is 0 Å². The molecule has 0 bridgehead atoms. The second-order valence-electron chi connectivity index (χ2n) is 6.13. The molecule has 0 aliphatic heterocycles. The molecule has 2 aromatic carbocycles. The van der Waals surface area contributed by atoms with E-state index in [0.717, 1.165) is 27.9 Å². The van der Waals surface area contributed by atoms with Crippen molar-refractivity contribution in [3.63, 3.8) is 0 Å². The predicted octanol–water partition coefficient (Wildman–Crippen LogP) is 5.08. The van der Waals surface area contributed by atoms with Crippen LogP contribution in [0.4, 0.5) is 0 Å². The van der Waals surface area contributed by atoms with Crippen LogP contribution in [0.5, 0.6) is 5.75 Å². The van der Waals surface area contributed by atoms with E-state index in [9.17, 15) is 0 Å². The fourth-order valence-electron chi connectivity index (χ4n) is 2.27. The summed E-state index contributed by atoms with van der Waals surface area (Å²) >= 11 is 0. The Balaban J connectivity index is 1.91. The molecular formula is C19H19NO. The quantitative estimate of drug-likeness (QED) is 0.651. The minimum atomic E-state index is -0.178. The first-order chi connectivity index (χ1) is 10.0. The second kappa shape index (κ2) is 5.21. The molecule has 0 aliphatic carbocycles. The van der Waals surface area contributed by atoms with Gasteiger partial charge in [0.05, 0.1) is 11.2 Å². The zero-order valence-electron chi connectivity index (χ0n) is 12.6. The van der Waals surface area contributed by atoms with Gasteiger partial charge in [-0.25, -0.2) is 4.98 Å². The van der Waals surface area contributed by atoms with Crippen LogP contribution in [0.3, 0.4) is 0 Å². The molecule has 0 aliphatic rings. The maximum atomic E-state index is 5.84. The van der Waals surface area contributed by atoms with Crippen molar-refractivity contribution >= 4 is 10.9 Å². The van der Waals surface area contributed by atoms with Crippen molar-refractivity contribution in [2.75, 3.05) is 0 Å². The van der Waals surface area contributed by atoms with Gasteiger partial charge in [0.15, 0.2) is 0 Å². The van der Waals surface area contributed by atoms with E-state index >= 15 is 0 Å². The van der Waals surface area contributed by atoms with Crippen molar-refractivity contribution in [2.24, 2.45) is 0 Å². The SMILES string of the molecule is CC(C)(C)Oc1ccc(-c2ccc3ccccc3n2)cc1. The first kappa shape index (κ1) is 13.6. The molecular weight excluding hydrogens is 258 g/mol. The van der Waals surface area contributed by atoms with Crippen LogP contribution < -0.4 is 4.74 Å². The van der Waals surface area contributed by atoms with Crippen LogP contribution in [0.1, 0.15) is 20.8 Å². The van der Waals surface area contributed by atoms with Gasteiger partial charge in [0, 0.05) is 10.9 Å². The highest BCUT2D eigenvalue weighted by Gasteiger charge is 2.11. The van der Waals surface area contributed by atoms with Gasteiger partial charge in [0.1, 0.15) is 11.4 Å². The van der Waals surface area contributed by atoms with Crippen LogP contribution in [-0.4, -0.2) is 10.6 Å². The molecule has 106 valence electrons. The van der Waals surface area contributed by atoms with E-state index in [1.54, 1.807) is 0 Å². The average Bonchev–Trinajstić information content (AvgIpc) is 2.46. The third kappa shape index (κ3) is 3.22. The van der Waals surface area contributed by atoms with Gasteiger partial charge in [-0.3, -0.25) is 0 Å². The lowest BCUT2D eigenvalue weighted by Gasteiger charge is -2.21. The van der Waals surface area contributed by atoms with Crippen molar-refractivity contribution in [2.45, 2.75) is 26.4 Å². The van der Waals surface area contributed by atoms with Crippen LogP contribution in [0.2, 0.25) is 0 Å². The molecule has 0 spiro atoms. The molecule has 0 fully saturated rings. The lowest BCUT2D eigenvalue weighted by molar-refractivity contribution is 0.131. The zero-order valence-corrected chi connectivity index (χ0v) is 12.6. The monoisotopic (exact) mass is 277 g/mol. The molecule has 0 atom stereocenters. The zero-order chi connectivity index (χ0) is 14.9. The van der Waals surface area contributed by atoms with Gasteiger partial charge in [-0.15, -0.1) is 0 Å². The normalized spacial score (nSPS) is 11.6.